The van der Waals surface area contributed by atoms with Crippen molar-refractivity contribution in [1.29, 1.82) is 0 Å². The summed E-state index contributed by atoms with van der Waals surface area (Å²) in [6.45, 7) is 5.35. The van der Waals surface area contributed by atoms with Gasteiger partial charge in [0.2, 0.25) is 5.95 Å². The molecule has 1 fully saturated rings. The van der Waals surface area contributed by atoms with Gasteiger partial charge < -0.3 is 29.8 Å². The second-order valence-electron chi connectivity index (χ2n) is 8.62. The SMILES string of the molecule is C=C1[C@@H]([C@@H](O)P(=O)(N[C@@H](C)C(=O)OC)Oc2ccc(F)cc2)[C@@H](O)C[C@@H]1n1cnc2c(=O)[nH]c(N)nc21. The molecule has 15 heteroatoms. The number of aromatic nitrogens is 4. The van der Waals surface area contributed by atoms with Crippen LogP contribution < -0.4 is 20.9 Å². The van der Waals surface area contributed by atoms with Gasteiger partial charge in [-0.1, -0.05) is 6.58 Å². The minimum Gasteiger partial charge on any atom is -0.468 e. The first kappa shape index (κ1) is 26.5. The maximum absolute atomic E-state index is 14.0. The second kappa shape index (κ2) is 10.1. The van der Waals surface area contributed by atoms with Crippen LogP contribution in [0.2, 0.25) is 0 Å². The highest BCUT2D eigenvalue weighted by Crippen LogP contribution is 2.55. The molecule has 0 aliphatic heterocycles. The Bertz CT molecular complexity index is 1440. The number of carbonyl (C=O) groups excluding carboxylic acids is 1. The Labute approximate surface area is 209 Å². The average molecular weight is 536 g/mol. The van der Waals surface area contributed by atoms with E-state index >= 15 is 0 Å². The fourth-order valence-corrected chi connectivity index (χ4v) is 6.58. The third-order valence-electron chi connectivity index (χ3n) is 6.17. The third kappa shape index (κ3) is 5.01. The Kier molecular flexibility index (Phi) is 7.20. The number of carbonyl (C=O) groups is 1. The number of hydrogen-bond acceptors (Lipinski definition) is 10. The molecule has 1 unspecified atom stereocenters. The fraction of sp³-hybridized carbons (Fsp3) is 0.364. The second-order valence-corrected chi connectivity index (χ2v) is 10.8. The van der Waals surface area contributed by atoms with Gasteiger partial charge in [-0.05, 0) is 43.2 Å². The van der Waals surface area contributed by atoms with Crippen molar-refractivity contribution in [3.8, 4) is 5.75 Å². The van der Waals surface area contributed by atoms with E-state index in [1.165, 1.54) is 30.0 Å². The standard InChI is InChI=1S/C22H26FN6O7P/c1-10-14(29-9-25-17-18(29)26-22(24)27-19(17)31)8-15(30)16(10)21(33)37(34,28-11(2)20(32)35-3)36-13-6-4-12(23)5-7-13/h4-7,9,11,14-16,21,30,33H,1,8H2,2-3H3,(H,28,34)(H3,24,26,27,31)/t11-,14-,15-,16+,21-,37?/m0/s1. The van der Waals surface area contributed by atoms with E-state index in [1.54, 1.807) is 0 Å². The molecule has 0 amide bonds. The first-order chi connectivity index (χ1) is 17.4. The van der Waals surface area contributed by atoms with Crippen LogP contribution in [0.4, 0.5) is 10.3 Å². The van der Waals surface area contributed by atoms with Gasteiger partial charge in [0.25, 0.3) is 5.56 Å². The van der Waals surface area contributed by atoms with E-state index in [9.17, 15) is 28.8 Å². The number of H-pyrrole nitrogens is 1. The molecule has 6 atom stereocenters. The number of ether oxygens (including phenoxy) is 1. The summed E-state index contributed by atoms with van der Waals surface area (Å²) in [6.07, 6.45) is 0.0731. The molecule has 6 N–H and O–H groups in total. The van der Waals surface area contributed by atoms with Crippen LogP contribution in [0.3, 0.4) is 0 Å². The van der Waals surface area contributed by atoms with Crippen molar-refractivity contribution in [3.05, 3.63) is 58.9 Å². The normalized spacial score (nSPS) is 22.9. The van der Waals surface area contributed by atoms with Crippen LogP contribution in [0, 0.1) is 11.7 Å². The van der Waals surface area contributed by atoms with Crippen molar-refractivity contribution in [2.45, 2.75) is 37.4 Å². The van der Waals surface area contributed by atoms with Gasteiger partial charge in [0.1, 0.15) is 17.6 Å². The van der Waals surface area contributed by atoms with E-state index in [1.807, 2.05) is 0 Å². The Morgan fingerprint density at radius 1 is 1.41 bits per heavy atom. The van der Waals surface area contributed by atoms with Gasteiger partial charge >= 0.3 is 13.5 Å². The van der Waals surface area contributed by atoms with Crippen molar-refractivity contribution in [2.75, 3.05) is 12.8 Å². The van der Waals surface area contributed by atoms with Crippen molar-refractivity contribution in [3.63, 3.8) is 0 Å². The number of halogens is 1. The zero-order valence-electron chi connectivity index (χ0n) is 19.9. The number of nitrogens with one attached hydrogen (secondary N) is 2. The summed E-state index contributed by atoms with van der Waals surface area (Å²) >= 11 is 0. The van der Waals surface area contributed by atoms with Gasteiger partial charge in [-0.2, -0.15) is 4.98 Å². The molecule has 0 bridgehead atoms. The Balaban J connectivity index is 1.69. The molecule has 0 spiro atoms. The number of methoxy groups -OCH3 is 1. The van der Waals surface area contributed by atoms with E-state index in [0.29, 0.717) is 0 Å². The first-order valence-corrected chi connectivity index (χ1v) is 12.8. The van der Waals surface area contributed by atoms with Gasteiger partial charge in [0.05, 0.1) is 25.6 Å². The summed E-state index contributed by atoms with van der Waals surface area (Å²) in [4.78, 5) is 34.7. The number of nitrogens with two attached hydrogens (primary N) is 1. The largest absolute Gasteiger partial charge is 0.468 e. The predicted octanol–water partition coefficient (Wildman–Crippen LogP) is 1.06. The number of nitrogen functional groups attached to an aromatic ring is 1. The monoisotopic (exact) mass is 536 g/mol. The van der Waals surface area contributed by atoms with E-state index in [-0.39, 0.29) is 34.9 Å². The van der Waals surface area contributed by atoms with Gasteiger partial charge in [-0.25, -0.2) is 14.5 Å². The Hall–Kier alpha value is -3.58. The van der Waals surface area contributed by atoms with Crippen molar-refractivity contribution in [2.24, 2.45) is 5.92 Å². The number of rotatable bonds is 8. The predicted molar refractivity (Wildman–Crippen MR) is 130 cm³/mol. The molecule has 37 heavy (non-hydrogen) atoms. The highest BCUT2D eigenvalue weighted by atomic mass is 31.2. The number of aromatic amines is 1. The van der Waals surface area contributed by atoms with Gasteiger partial charge in [0.15, 0.2) is 17.0 Å². The highest BCUT2D eigenvalue weighted by molar-refractivity contribution is 7.57. The lowest BCUT2D eigenvalue weighted by Gasteiger charge is -2.32. The molecule has 2 heterocycles. The topological polar surface area (TPSA) is 195 Å². The van der Waals surface area contributed by atoms with Crippen LogP contribution in [0.5, 0.6) is 5.75 Å². The lowest BCUT2D eigenvalue weighted by atomic mass is 10.0. The summed E-state index contributed by atoms with van der Waals surface area (Å²) in [6, 6.07) is 2.66. The molecule has 0 radical (unpaired) electrons. The van der Waals surface area contributed by atoms with Crippen LogP contribution in [-0.4, -0.2) is 60.8 Å². The summed E-state index contributed by atoms with van der Waals surface area (Å²) in [5.41, 5.74) is 5.51. The molecule has 0 saturated heterocycles. The molecule has 13 nitrogen and oxygen atoms in total. The summed E-state index contributed by atoms with van der Waals surface area (Å²) < 4.78 is 39.2. The molecule has 1 aliphatic rings. The van der Waals surface area contributed by atoms with Crippen LogP contribution in [0.25, 0.3) is 11.2 Å². The summed E-state index contributed by atoms with van der Waals surface area (Å²) in [5, 5.41) is 24.7. The van der Waals surface area contributed by atoms with Crippen LogP contribution >= 0.6 is 7.52 Å². The number of imidazole rings is 1. The molecular weight excluding hydrogens is 510 g/mol. The number of anilines is 1. The van der Waals surface area contributed by atoms with Gasteiger partial charge in [-0.3, -0.25) is 19.1 Å². The zero-order chi connectivity index (χ0) is 27.1. The van der Waals surface area contributed by atoms with E-state index in [4.69, 9.17) is 10.3 Å². The molecule has 1 saturated carbocycles. The first-order valence-electron chi connectivity index (χ1n) is 11.1. The number of benzene rings is 1. The number of aliphatic hydroxyl groups excluding tert-OH is 2. The lowest BCUT2D eigenvalue weighted by Crippen LogP contribution is -2.40. The van der Waals surface area contributed by atoms with Crippen LogP contribution in [0.1, 0.15) is 19.4 Å². The fourth-order valence-electron chi connectivity index (χ4n) is 4.37. The minimum absolute atomic E-state index is 0.00348. The number of fused-ring (bicyclic) bond motifs is 1. The number of nitrogens with zero attached hydrogens (tertiary/aromatic N) is 3. The molecule has 4 rings (SSSR count). The Morgan fingerprint density at radius 3 is 2.73 bits per heavy atom. The molecular formula is C22H26FN6O7P. The molecule has 198 valence electrons. The molecule has 1 aliphatic carbocycles. The zero-order valence-corrected chi connectivity index (χ0v) is 20.8. The van der Waals surface area contributed by atoms with E-state index < -0.39 is 54.8 Å². The minimum atomic E-state index is -4.42. The number of hydrogen-bond donors (Lipinski definition) is 5. The molecule has 3 aromatic rings. The van der Waals surface area contributed by atoms with Crippen LogP contribution in [-0.2, 0) is 14.1 Å². The number of esters is 1. The maximum Gasteiger partial charge on any atom is 0.346 e. The van der Waals surface area contributed by atoms with Crippen molar-refractivity contribution >= 4 is 30.6 Å². The lowest BCUT2D eigenvalue weighted by molar-refractivity contribution is -0.142. The maximum atomic E-state index is 14.0. The highest BCUT2D eigenvalue weighted by Gasteiger charge is 2.51. The average Bonchev–Trinajstić information content (AvgIpc) is 3.39. The van der Waals surface area contributed by atoms with Gasteiger partial charge in [0, 0.05) is 5.92 Å². The van der Waals surface area contributed by atoms with Gasteiger partial charge in [-0.15, -0.1) is 0 Å². The van der Waals surface area contributed by atoms with Crippen molar-refractivity contribution < 1.29 is 33.2 Å². The van der Waals surface area contributed by atoms with Crippen LogP contribution in [0.15, 0.2) is 47.5 Å². The quantitative estimate of drug-likeness (QED) is 0.157. The summed E-state index contributed by atoms with van der Waals surface area (Å²) in [5.74, 6) is -4.64. The number of aliphatic hydroxyl groups is 2. The Morgan fingerprint density at radius 2 is 2.08 bits per heavy atom. The van der Waals surface area contributed by atoms with E-state index in [0.717, 1.165) is 19.2 Å². The third-order valence-corrected chi connectivity index (χ3v) is 8.42. The molecule has 2 aromatic heterocycles. The van der Waals surface area contributed by atoms with Crippen molar-refractivity contribution in [1.82, 2.24) is 24.6 Å². The summed E-state index contributed by atoms with van der Waals surface area (Å²) in [7, 11) is -3.28. The smallest absolute Gasteiger partial charge is 0.346 e. The molecule has 1 aromatic carbocycles. The van der Waals surface area contributed by atoms with E-state index in [2.05, 4.69) is 31.4 Å².